The van der Waals surface area contributed by atoms with E-state index in [-0.39, 0.29) is 11.8 Å². The Kier molecular flexibility index (Phi) is 5.46. The molecular weight excluding hydrogens is 288 g/mol. The summed E-state index contributed by atoms with van der Waals surface area (Å²) in [6.45, 7) is 2.33. The highest BCUT2D eigenvalue weighted by molar-refractivity contribution is 7.89. The molecule has 1 N–H and O–H groups in total. The summed E-state index contributed by atoms with van der Waals surface area (Å²) >= 11 is 0. The minimum absolute atomic E-state index is 0.138. The standard InChI is InChI=1S/C14H20N4O2S/c1-2-3-11-21(19,20)17-14(12-18-15-9-10-16-18)13-7-5-4-6-8-13/h4-10,14,17H,2-3,11-12H2,1H3. The molecule has 7 heteroatoms. The van der Waals surface area contributed by atoms with Crippen LogP contribution in [-0.4, -0.2) is 29.2 Å². The van der Waals surface area contributed by atoms with Crippen molar-refractivity contribution in [1.82, 2.24) is 19.7 Å². The quantitative estimate of drug-likeness (QED) is 0.806. The van der Waals surface area contributed by atoms with Gasteiger partial charge >= 0.3 is 0 Å². The summed E-state index contributed by atoms with van der Waals surface area (Å²) < 4.78 is 27.0. The van der Waals surface area contributed by atoms with Crippen molar-refractivity contribution >= 4 is 10.0 Å². The lowest BCUT2D eigenvalue weighted by molar-refractivity contribution is 0.444. The Balaban J connectivity index is 2.16. The second kappa shape index (κ2) is 7.33. The molecule has 0 aliphatic carbocycles. The van der Waals surface area contributed by atoms with E-state index in [0.717, 1.165) is 12.0 Å². The van der Waals surface area contributed by atoms with Crippen LogP contribution in [0.3, 0.4) is 0 Å². The lowest BCUT2D eigenvalue weighted by atomic mass is 10.1. The average Bonchev–Trinajstić information content (AvgIpc) is 2.98. The number of nitrogens with one attached hydrogen (secondary N) is 1. The number of sulfonamides is 1. The Hall–Kier alpha value is -1.73. The van der Waals surface area contributed by atoms with Crippen molar-refractivity contribution in [2.24, 2.45) is 0 Å². The van der Waals surface area contributed by atoms with Gasteiger partial charge in [-0.1, -0.05) is 43.7 Å². The minimum atomic E-state index is -3.31. The maximum Gasteiger partial charge on any atom is 0.212 e. The van der Waals surface area contributed by atoms with E-state index in [1.54, 1.807) is 12.4 Å². The third-order valence-corrected chi connectivity index (χ3v) is 4.57. The van der Waals surface area contributed by atoms with Crippen LogP contribution < -0.4 is 4.72 Å². The van der Waals surface area contributed by atoms with Gasteiger partial charge in [-0.15, -0.1) is 0 Å². The molecule has 0 aliphatic heterocycles. The smallest absolute Gasteiger partial charge is 0.212 e. The first kappa shape index (κ1) is 15.7. The van der Waals surface area contributed by atoms with E-state index in [1.807, 2.05) is 37.3 Å². The van der Waals surface area contributed by atoms with Gasteiger partial charge in [0.1, 0.15) is 0 Å². The monoisotopic (exact) mass is 308 g/mol. The van der Waals surface area contributed by atoms with E-state index < -0.39 is 10.0 Å². The first-order chi connectivity index (χ1) is 10.1. The summed E-state index contributed by atoms with van der Waals surface area (Å²) in [5.74, 6) is 0.138. The zero-order valence-electron chi connectivity index (χ0n) is 12.0. The molecule has 1 aromatic heterocycles. The Labute approximate surface area is 125 Å². The van der Waals surface area contributed by atoms with E-state index >= 15 is 0 Å². The Morgan fingerprint density at radius 3 is 2.48 bits per heavy atom. The molecule has 1 heterocycles. The van der Waals surface area contributed by atoms with Crippen molar-refractivity contribution < 1.29 is 8.42 Å². The zero-order valence-corrected chi connectivity index (χ0v) is 12.8. The van der Waals surface area contributed by atoms with E-state index in [9.17, 15) is 8.42 Å². The van der Waals surface area contributed by atoms with Gasteiger partial charge in [0.15, 0.2) is 0 Å². The van der Waals surface area contributed by atoms with Crippen LogP contribution in [0, 0.1) is 0 Å². The van der Waals surface area contributed by atoms with Crippen molar-refractivity contribution in [1.29, 1.82) is 0 Å². The number of aromatic nitrogens is 3. The van der Waals surface area contributed by atoms with Crippen molar-refractivity contribution in [2.45, 2.75) is 32.4 Å². The number of benzene rings is 1. The summed E-state index contributed by atoms with van der Waals surface area (Å²) in [6, 6.07) is 9.10. The fourth-order valence-electron chi connectivity index (χ4n) is 2.01. The minimum Gasteiger partial charge on any atom is -0.212 e. The van der Waals surface area contributed by atoms with Crippen LogP contribution in [0.4, 0.5) is 0 Å². The molecule has 0 amide bonds. The molecule has 0 spiro atoms. The topological polar surface area (TPSA) is 76.9 Å². The van der Waals surface area contributed by atoms with Crippen LogP contribution in [0.5, 0.6) is 0 Å². The largest absolute Gasteiger partial charge is 0.212 e. The fraction of sp³-hybridized carbons (Fsp3) is 0.429. The van der Waals surface area contributed by atoms with Crippen LogP contribution in [0.1, 0.15) is 31.4 Å². The molecule has 0 radical (unpaired) electrons. The van der Waals surface area contributed by atoms with E-state index in [1.165, 1.54) is 4.80 Å². The lowest BCUT2D eigenvalue weighted by Gasteiger charge is -2.18. The van der Waals surface area contributed by atoms with Gasteiger partial charge in [0.25, 0.3) is 0 Å². The Bertz CT molecular complexity index is 626. The fourth-order valence-corrected chi connectivity index (χ4v) is 3.44. The second-order valence-corrected chi connectivity index (χ2v) is 6.71. The molecule has 2 aromatic rings. The van der Waals surface area contributed by atoms with Gasteiger partial charge in [-0.05, 0) is 12.0 Å². The Morgan fingerprint density at radius 2 is 1.86 bits per heavy atom. The molecule has 2 rings (SSSR count). The van der Waals surface area contributed by atoms with E-state index in [0.29, 0.717) is 13.0 Å². The van der Waals surface area contributed by atoms with Gasteiger partial charge in [0.05, 0.1) is 30.7 Å². The third-order valence-electron chi connectivity index (χ3n) is 3.10. The van der Waals surface area contributed by atoms with Gasteiger partial charge in [0.2, 0.25) is 10.0 Å². The van der Waals surface area contributed by atoms with Crippen LogP contribution >= 0.6 is 0 Å². The van der Waals surface area contributed by atoms with Crippen LogP contribution in [0.2, 0.25) is 0 Å². The zero-order chi connectivity index (χ0) is 15.1. The lowest BCUT2D eigenvalue weighted by Crippen LogP contribution is -2.33. The van der Waals surface area contributed by atoms with Gasteiger partial charge in [0, 0.05) is 0 Å². The number of unbranched alkanes of at least 4 members (excludes halogenated alkanes) is 1. The maximum atomic E-state index is 12.1. The van der Waals surface area contributed by atoms with Gasteiger partial charge in [-0.3, -0.25) is 0 Å². The van der Waals surface area contributed by atoms with Crippen LogP contribution in [-0.2, 0) is 16.6 Å². The molecule has 1 aromatic carbocycles. The van der Waals surface area contributed by atoms with Gasteiger partial charge in [-0.25, -0.2) is 13.1 Å². The van der Waals surface area contributed by atoms with Crippen LogP contribution in [0.25, 0.3) is 0 Å². The Morgan fingerprint density at radius 1 is 1.19 bits per heavy atom. The molecule has 0 fully saturated rings. The summed E-state index contributed by atoms with van der Waals surface area (Å²) in [5, 5.41) is 8.09. The predicted molar refractivity (Wildman–Crippen MR) is 81.0 cm³/mol. The summed E-state index contributed by atoms with van der Waals surface area (Å²) in [7, 11) is -3.31. The molecule has 0 bridgehead atoms. The van der Waals surface area contributed by atoms with E-state index in [4.69, 9.17) is 0 Å². The number of nitrogens with zero attached hydrogens (tertiary/aromatic N) is 3. The van der Waals surface area contributed by atoms with Crippen molar-refractivity contribution in [3.63, 3.8) is 0 Å². The summed E-state index contributed by atoms with van der Waals surface area (Å²) in [5.41, 5.74) is 0.898. The van der Waals surface area contributed by atoms with Crippen LogP contribution in [0.15, 0.2) is 42.7 Å². The number of hydrogen-bond acceptors (Lipinski definition) is 4. The maximum absolute atomic E-state index is 12.1. The summed E-state index contributed by atoms with van der Waals surface area (Å²) in [4.78, 5) is 1.49. The molecule has 114 valence electrons. The third kappa shape index (κ3) is 4.95. The van der Waals surface area contributed by atoms with E-state index in [2.05, 4.69) is 14.9 Å². The highest BCUT2D eigenvalue weighted by Gasteiger charge is 2.20. The SMILES string of the molecule is CCCCS(=O)(=O)NC(Cn1nccn1)c1ccccc1. The van der Waals surface area contributed by atoms with Gasteiger partial charge in [-0.2, -0.15) is 15.0 Å². The second-order valence-electron chi connectivity index (χ2n) is 4.84. The van der Waals surface area contributed by atoms with Crippen molar-refractivity contribution in [3.05, 3.63) is 48.3 Å². The molecular formula is C14H20N4O2S. The average molecular weight is 308 g/mol. The highest BCUT2D eigenvalue weighted by Crippen LogP contribution is 2.16. The first-order valence-electron chi connectivity index (χ1n) is 7.00. The molecule has 0 aliphatic rings. The predicted octanol–water partition coefficient (Wildman–Crippen LogP) is 1.74. The molecule has 0 saturated heterocycles. The highest BCUT2D eigenvalue weighted by atomic mass is 32.2. The summed E-state index contributed by atoms with van der Waals surface area (Å²) in [6.07, 6.45) is 4.65. The first-order valence-corrected chi connectivity index (χ1v) is 8.65. The molecule has 1 unspecified atom stereocenters. The normalized spacial score (nSPS) is 13.2. The van der Waals surface area contributed by atoms with Crippen molar-refractivity contribution in [3.8, 4) is 0 Å². The number of rotatable bonds is 8. The molecule has 0 saturated carbocycles. The van der Waals surface area contributed by atoms with Crippen molar-refractivity contribution in [2.75, 3.05) is 5.75 Å². The molecule has 6 nitrogen and oxygen atoms in total. The van der Waals surface area contributed by atoms with Gasteiger partial charge < -0.3 is 0 Å². The molecule has 21 heavy (non-hydrogen) atoms. The number of hydrogen-bond donors (Lipinski definition) is 1. The molecule has 1 atom stereocenters.